The standard InChI is InChI=1S/C5H11N.C2H4O2/c1-5-2-3-6-4-5;1-4-2-3/h5-6H,2-4H2,1H3;2H,1H3. The zero-order valence-electron chi connectivity index (χ0n) is 6.59. The molecule has 3 nitrogen and oxygen atoms in total. The second-order valence-electron chi connectivity index (χ2n) is 2.43. The summed E-state index contributed by atoms with van der Waals surface area (Å²) in [5, 5.41) is 3.27. The molecule has 3 heteroatoms. The number of rotatable bonds is 1. The predicted octanol–water partition coefficient (Wildman–Crippen LogP) is 0.405. The molecule has 1 fully saturated rings. The van der Waals surface area contributed by atoms with Gasteiger partial charge in [-0.3, -0.25) is 4.79 Å². The second-order valence-corrected chi connectivity index (χ2v) is 2.43. The average Bonchev–Trinajstić information content (AvgIpc) is 2.40. The van der Waals surface area contributed by atoms with Gasteiger partial charge in [-0.1, -0.05) is 6.92 Å². The van der Waals surface area contributed by atoms with Crippen LogP contribution in [0.15, 0.2) is 0 Å². The average molecular weight is 145 g/mol. The highest BCUT2D eigenvalue weighted by Crippen LogP contribution is 2.03. The number of hydrogen-bond donors (Lipinski definition) is 1. The fourth-order valence-corrected chi connectivity index (χ4v) is 0.799. The summed E-state index contributed by atoms with van der Waals surface area (Å²) < 4.78 is 3.86. The first kappa shape index (κ1) is 9.43. The normalized spacial score (nSPS) is 22.8. The molecule has 1 saturated heterocycles. The van der Waals surface area contributed by atoms with Crippen molar-refractivity contribution in [3.63, 3.8) is 0 Å². The molecule has 0 aromatic heterocycles. The molecule has 0 saturated carbocycles. The van der Waals surface area contributed by atoms with Gasteiger partial charge in [0.1, 0.15) is 0 Å². The third-order valence-corrected chi connectivity index (χ3v) is 1.40. The summed E-state index contributed by atoms with van der Waals surface area (Å²) in [7, 11) is 1.31. The number of carbonyl (C=O) groups excluding carboxylic acids is 1. The summed E-state index contributed by atoms with van der Waals surface area (Å²) in [6, 6.07) is 0. The van der Waals surface area contributed by atoms with Gasteiger partial charge in [-0.15, -0.1) is 0 Å². The van der Waals surface area contributed by atoms with Crippen molar-refractivity contribution < 1.29 is 9.53 Å². The van der Waals surface area contributed by atoms with Crippen molar-refractivity contribution in [1.29, 1.82) is 0 Å². The summed E-state index contributed by atoms with van der Waals surface area (Å²) in [5.41, 5.74) is 0. The lowest BCUT2D eigenvalue weighted by atomic mass is 10.2. The maximum absolute atomic E-state index is 8.95. The lowest BCUT2D eigenvalue weighted by Gasteiger charge is -1.90. The smallest absolute Gasteiger partial charge is 0.292 e. The first-order valence-electron chi connectivity index (χ1n) is 3.48. The first-order valence-corrected chi connectivity index (χ1v) is 3.48. The minimum absolute atomic E-state index is 0.375. The monoisotopic (exact) mass is 145 g/mol. The molecule has 0 aromatic carbocycles. The minimum Gasteiger partial charge on any atom is -0.471 e. The van der Waals surface area contributed by atoms with Crippen LogP contribution in [0.2, 0.25) is 0 Å². The van der Waals surface area contributed by atoms with E-state index < -0.39 is 0 Å². The summed E-state index contributed by atoms with van der Waals surface area (Å²) >= 11 is 0. The molecule has 1 atom stereocenters. The van der Waals surface area contributed by atoms with Crippen LogP contribution in [0.4, 0.5) is 0 Å². The molecule has 0 amide bonds. The summed E-state index contributed by atoms with van der Waals surface area (Å²) in [6.45, 7) is 5.13. The molecule has 1 unspecified atom stereocenters. The molecule has 0 aliphatic carbocycles. The maximum Gasteiger partial charge on any atom is 0.292 e. The van der Waals surface area contributed by atoms with Gasteiger partial charge in [-0.05, 0) is 25.4 Å². The summed E-state index contributed by atoms with van der Waals surface area (Å²) in [4.78, 5) is 8.95. The summed E-state index contributed by atoms with van der Waals surface area (Å²) in [5.74, 6) is 0.935. The van der Waals surface area contributed by atoms with Crippen LogP contribution in [0.3, 0.4) is 0 Å². The van der Waals surface area contributed by atoms with Crippen molar-refractivity contribution in [1.82, 2.24) is 5.32 Å². The molecule has 1 rings (SSSR count). The lowest BCUT2D eigenvalue weighted by molar-refractivity contribution is -0.126. The van der Waals surface area contributed by atoms with Gasteiger partial charge in [0.15, 0.2) is 0 Å². The predicted molar refractivity (Wildman–Crippen MR) is 39.7 cm³/mol. The van der Waals surface area contributed by atoms with Crippen molar-refractivity contribution in [2.75, 3.05) is 20.2 Å². The molecule has 1 N–H and O–H groups in total. The Kier molecular flexibility index (Phi) is 6.18. The van der Waals surface area contributed by atoms with Gasteiger partial charge in [-0.2, -0.15) is 0 Å². The van der Waals surface area contributed by atoms with Gasteiger partial charge in [0.05, 0.1) is 7.11 Å². The van der Waals surface area contributed by atoms with E-state index in [2.05, 4.69) is 17.0 Å². The summed E-state index contributed by atoms with van der Waals surface area (Å²) in [6.07, 6.45) is 1.38. The third kappa shape index (κ3) is 5.56. The first-order chi connectivity index (χ1) is 4.81. The van der Waals surface area contributed by atoms with Crippen molar-refractivity contribution in [3.8, 4) is 0 Å². The Hall–Kier alpha value is -0.570. The topological polar surface area (TPSA) is 38.3 Å². The van der Waals surface area contributed by atoms with Gasteiger partial charge in [0.25, 0.3) is 6.47 Å². The molecule has 10 heavy (non-hydrogen) atoms. The van der Waals surface area contributed by atoms with Gasteiger partial charge < -0.3 is 10.1 Å². The number of methoxy groups -OCH3 is 1. The van der Waals surface area contributed by atoms with Crippen LogP contribution in [0.25, 0.3) is 0 Å². The van der Waals surface area contributed by atoms with Crippen molar-refractivity contribution in [2.45, 2.75) is 13.3 Å². The van der Waals surface area contributed by atoms with Crippen LogP contribution < -0.4 is 5.32 Å². The van der Waals surface area contributed by atoms with Crippen LogP contribution in [-0.4, -0.2) is 26.7 Å². The molecular weight excluding hydrogens is 130 g/mol. The zero-order chi connectivity index (χ0) is 7.82. The van der Waals surface area contributed by atoms with E-state index in [0.29, 0.717) is 6.47 Å². The van der Waals surface area contributed by atoms with Gasteiger partial charge >= 0.3 is 0 Å². The SMILES string of the molecule is CC1CCNC1.COC=O. The van der Waals surface area contributed by atoms with Crippen LogP contribution in [0.1, 0.15) is 13.3 Å². The van der Waals surface area contributed by atoms with E-state index in [-0.39, 0.29) is 0 Å². The molecule has 0 spiro atoms. The fourth-order valence-electron chi connectivity index (χ4n) is 0.799. The van der Waals surface area contributed by atoms with Crippen LogP contribution in [0.5, 0.6) is 0 Å². The quantitative estimate of drug-likeness (QED) is 0.543. The van der Waals surface area contributed by atoms with E-state index in [1.165, 1.54) is 26.6 Å². The van der Waals surface area contributed by atoms with Crippen molar-refractivity contribution in [2.24, 2.45) is 5.92 Å². The van der Waals surface area contributed by atoms with Gasteiger partial charge in [0, 0.05) is 0 Å². The molecule has 0 bridgehead atoms. The second kappa shape index (κ2) is 6.55. The Morgan fingerprint density at radius 1 is 1.70 bits per heavy atom. The van der Waals surface area contributed by atoms with Crippen molar-refractivity contribution >= 4 is 6.47 Å². The van der Waals surface area contributed by atoms with E-state index in [1.54, 1.807) is 0 Å². The zero-order valence-corrected chi connectivity index (χ0v) is 6.59. The van der Waals surface area contributed by atoms with Crippen LogP contribution in [-0.2, 0) is 9.53 Å². The Morgan fingerprint density at radius 3 is 2.40 bits per heavy atom. The Labute approximate surface area is 61.8 Å². The molecule has 1 aliphatic rings. The van der Waals surface area contributed by atoms with E-state index >= 15 is 0 Å². The van der Waals surface area contributed by atoms with Gasteiger partial charge in [0.2, 0.25) is 0 Å². The number of nitrogens with one attached hydrogen (secondary N) is 1. The maximum atomic E-state index is 8.95. The Balaban J connectivity index is 0.000000180. The highest BCUT2D eigenvalue weighted by molar-refractivity contribution is 5.36. The molecular formula is C7H15NO2. The van der Waals surface area contributed by atoms with E-state index in [9.17, 15) is 0 Å². The number of ether oxygens (including phenoxy) is 1. The lowest BCUT2D eigenvalue weighted by Crippen LogP contribution is -2.06. The molecule has 60 valence electrons. The molecule has 1 heterocycles. The van der Waals surface area contributed by atoms with Crippen LogP contribution in [0, 0.1) is 5.92 Å². The van der Waals surface area contributed by atoms with E-state index in [1.807, 2.05) is 0 Å². The number of carbonyl (C=O) groups is 1. The van der Waals surface area contributed by atoms with Crippen LogP contribution >= 0.6 is 0 Å². The minimum atomic E-state index is 0.375. The Morgan fingerprint density at radius 2 is 2.30 bits per heavy atom. The van der Waals surface area contributed by atoms with E-state index in [4.69, 9.17) is 4.79 Å². The number of hydrogen-bond acceptors (Lipinski definition) is 3. The highest BCUT2D eigenvalue weighted by Gasteiger charge is 2.06. The van der Waals surface area contributed by atoms with Gasteiger partial charge in [-0.25, -0.2) is 0 Å². The molecule has 0 aromatic rings. The highest BCUT2D eigenvalue weighted by atomic mass is 16.5. The molecule has 1 aliphatic heterocycles. The largest absolute Gasteiger partial charge is 0.471 e. The Bertz CT molecular complexity index is 79.7. The van der Waals surface area contributed by atoms with E-state index in [0.717, 1.165) is 5.92 Å². The third-order valence-electron chi connectivity index (χ3n) is 1.40. The van der Waals surface area contributed by atoms with Crippen molar-refractivity contribution in [3.05, 3.63) is 0 Å². The molecule has 0 radical (unpaired) electrons. The fraction of sp³-hybridized carbons (Fsp3) is 0.857.